The Morgan fingerprint density at radius 3 is 2.63 bits per heavy atom. The Balaban J connectivity index is 2.20. The molecule has 0 saturated heterocycles. The highest BCUT2D eigenvalue weighted by Gasteiger charge is 2.16. The van der Waals surface area contributed by atoms with Gasteiger partial charge in [-0.15, -0.1) is 0 Å². The number of hydrogen-bond acceptors (Lipinski definition) is 5. The van der Waals surface area contributed by atoms with E-state index in [-0.39, 0.29) is 12.6 Å². The summed E-state index contributed by atoms with van der Waals surface area (Å²) < 4.78 is 1.66. The standard InChI is InChI=1S/C13H19N5O/c1-10(2)12(8-9-19)14-13-15-16-17-18(13)11-6-4-3-5-7-11/h3-7,10,12,19H,8-9H2,1-2H3,(H,14,15,17). The molecule has 1 heterocycles. The van der Waals surface area contributed by atoms with E-state index in [2.05, 4.69) is 34.7 Å². The normalized spacial score (nSPS) is 12.6. The number of hydrogen-bond donors (Lipinski definition) is 2. The zero-order valence-electron chi connectivity index (χ0n) is 11.2. The highest BCUT2D eigenvalue weighted by molar-refractivity contribution is 5.38. The number of aliphatic hydroxyl groups is 1. The van der Waals surface area contributed by atoms with Gasteiger partial charge in [-0.05, 0) is 34.9 Å². The second-order valence-electron chi connectivity index (χ2n) is 4.76. The van der Waals surface area contributed by atoms with Crippen molar-refractivity contribution in [2.75, 3.05) is 11.9 Å². The summed E-state index contributed by atoms with van der Waals surface area (Å²) in [6.07, 6.45) is 0.666. The van der Waals surface area contributed by atoms with E-state index in [1.165, 1.54) is 0 Å². The summed E-state index contributed by atoms with van der Waals surface area (Å²) in [6, 6.07) is 9.85. The van der Waals surface area contributed by atoms with Crippen LogP contribution in [0.15, 0.2) is 30.3 Å². The third kappa shape index (κ3) is 3.29. The van der Waals surface area contributed by atoms with Crippen LogP contribution in [0.2, 0.25) is 0 Å². The van der Waals surface area contributed by atoms with Crippen molar-refractivity contribution in [2.45, 2.75) is 26.3 Å². The summed E-state index contributed by atoms with van der Waals surface area (Å²) in [5.74, 6) is 0.978. The first-order valence-corrected chi connectivity index (χ1v) is 6.43. The monoisotopic (exact) mass is 261 g/mol. The molecule has 1 atom stereocenters. The Bertz CT molecular complexity index is 497. The Kier molecular flexibility index (Phi) is 4.46. The first-order chi connectivity index (χ1) is 9.22. The molecule has 0 aliphatic carbocycles. The lowest BCUT2D eigenvalue weighted by Gasteiger charge is -2.21. The van der Waals surface area contributed by atoms with Gasteiger partial charge in [-0.25, -0.2) is 0 Å². The number of anilines is 1. The van der Waals surface area contributed by atoms with Crippen molar-refractivity contribution < 1.29 is 5.11 Å². The molecule has 19 heavy (non-hydrogen) atoms. The fourth-order valence-corrected chi connectivity index (χ4v) is 1.90. The number of para-hydroxylation sites is 1. The zero-order valence-corrected chi connectivity index (χ0v) is 11.2. The fraction of sp³-hybridized carbons (Fsp3) is 0.462. The molecular formula is C13H19N5O. The molecule has 0 aliphatic heterocycles. The molecule has 0 spiro atoms. The summed E-state index contributed by atoms with van der Waals surface area (Å²) in [6.45, 7) is 4.34. The van der Waals surface area contributed by atoms with Gasteiger partial charge in [0.2, 0.25) is 5.95 Å². The number of nitrogens with one attached hydrogen (secondary N) is 1. The Labute approximate surface area is 112 Å². The van der Waals surface area contributed by atoms with Crippen LogP contribution >= 0.6 is 0 Å². The van der Waals surface area contributed by atoms with E-state index in [9.17, 15) is 0 Å². The SMILES string of the molecule is CC(C)C(CCO)Nc1nnnn1-c1ccccc1. The molecule has 1 aromatic heterocycles. The van der Waals surface area contributed by atoms with Gasteiger partial charge in [-0.1, -0.05) is 37.1 Å². The van der Waals surface area contributed by atoms with Crippen molar-refractivity contribution in [1.29, 1.82) is 0 Å². The Morgan fingerprint density at radius 1 is 1.26 bits per heavy atom. The summed E-state index contributed by atoms with van der Waals surface area (Å²) in [5, 5.41) is 24.1. The van der Waals surface area contributed by atoms with Crippen molar-refractivity contribution in [2.24, 2.45) is 5.92 Å². The van der Waals surface area contributed by atoms with Gasteiger partial charge in [-0.3, -0.25) is 0 Å². The molecule has 0 amide bonds. The van der Waals surface area contributed by atoms with Crippen LogP contribution in [0, 0.1) is 5.92 Å². The largest absolute Gasteiger partial charge is 0.396 e. The van der Waals surface area contributed by atoms with E-state index in [0.29, 0.717) is 18.3 Å². The third-order valence-corrected chi connectivity index (χ3v) is 3.03. The van der Waals surface area contributed by atoms with Gasteiger partial charge in [0.05, 0.1) is 5.69 Å². The summed E-state index contributed by atoms with van der Waals surface area (Å²) in [5.41, 5.74) is 0.904. The highest BCUT2D eigenvalue weighted by atomic mass is 16.3. The average Bonchev–Trinajstić information content (AvgIpc) is 2.87. The molecule has 2 N–H and O–H groups in total. The van der Waals surface area contributed by atoms with Crippen LogP contribution in [0.25, 0.3) is 5.69 Å². The van der Waals surface area contributed by atoms with Gasteiger partial charge in [0, 0.05) is 12.6 Å². The van der Waals surface area contributed by atoms with Gasteiger partial charge in [0.15, 0.2) is 0 Å². The maximum Gasteiger partial charge on any atom is 0.247 e. The molecule has 2 rings (SSSR count). The molecule has 6 heteroatoms. The predicted octanol–water partition coefficient (Wildman–Crippen LogP) is 1.48. The second kappa shape index (κ2) is 6.29. The number of nitrogens with zero attached hydrogens (tertiary/aromatic N) is 4. The lowest BCUT2D eigenvalue weighted by atomic mass is 10.0. The lowest BCUT2D eigenvalue weighted by molar-refractivity contribution is 0.267. The van der Waals surface area contributed by atoms with E-state index in [1.54, 1.807) is 4.68 Å². The minimum Gasteiger partial charge on any atom is -0.396 e. The quantitative estimate of drug-likeness (QED) is 0.823. The maximum absolute atomic E-state index is 9.10. The first-order valence-electron chi connectivity index (χ1n) is 6.43. The summed E-state index contributed by atoms with van der Waals surface area (Å²) in [4.78, 5) is 0. The molecule has 0 fully saturated rings. The number of tetrazole rings is 1. The molecule has 2 aromatic rings. The molecule has 0 bridgehead atoms. The zero-order chi connectivity index (χ0) is 13.7. The number of benzene rings is 1. The maximum atomic E-state index is 9.10. The van der Waals surface area contributed by atoms with E-state index in [1.807, 2.05) is 30.3 Å². The van der Waals surface area contributed by atoms with E-state index in [0.717, 1.165) is 5.69 Å². The van der Waals surface area contributed by atoms with Crippen molar-refractivity contribution in [1.82, 2.24) is 20.2 Å². The van der Waals surface area contributed by atoms with E-state index < -0.39 is 0 Å². The molecule has 0 aliphatic rings. The van der Waals surface area contributed by atoms with Crippen molar-refractivity contribution in [3.63, 3.8) is 0 Å². The van der Waals surface area contributed by atoms with Gasteiger partial charge in [0.25, 0.3) is 0 Å². The van der Waals surface area contributed by atoms with Gasteiger partial charge >= 0.3 is 0 Å². The number of aromatic nitrogens is 4. The Hall–Kier alpha value is -1.95. The van der Waals surface area contributed by atoms with Gasteiger partial charge in [-0.2, -0.15) is 4.68 Å². The lowest BCUT2D eigenvalue weighted by Crippen LogP contribution is -2.28. The molecule has 102 valence electrons. The van der Waals surface area contributed by atoms with Crippen LogP contribution < -0.4 is 5.32 Å². The first kappa shape index (κ1) is 13.5. The van der Waals surface area contributed by atoms with Crippen molar-refractivity contribution in [3.05, 3.63) is 30.3 Å². The van der Waals surface area contributed by atoms with Crippen molar-refractivity contribution in [3.8, 4) is 5.69 Å². The van der Waals surface area contributed by atoms with Gasteiger partial charge < -0.3 is 10.4 Å². The molecular weight excluding hydrogens is 242 g/mol. The van der Waals surface area contributed by atoms with Crippen LogP contribution in [0.5, 0.6) is 0 Å². The highest BCUT2D eigenvalue weighted by Crippen LogP contribution is 2.15. The minimum atomic E-state index is 0.137. The predicted molar refractivity (Wildman–Crippen MR) is 73.1 cm³/mol. The average molecular weight is 261 g/mol. The van der Waals surface area contributed by atoms with Crippen LogP contribution in [-0.2, 0) is 0 Å². The number of rotatable bonds is 6. The van der Waals surface area contributed by atoms with Crippen molar-refractivity contribution >= 4 is 5.95 Å². The van der Waals surface area contributed by atoms with Crippen LogP contribution in [0.3, 0.4) is 0 Å². The van der Waals surface area contributed by atoms with Gasteiger partial charge in [0.1, 0.15) is 0 Å². The number of aliphatic hydroxyl groups excluding tert-OH is 1. The van der Waals surface area contributed by atoms with E-state index >= 15 is 0 Å². The fourth-order valence-electron chi connectivity index (χ4n) is 1.90. The molecule has 0 radical (unpaired) electrons. The minimum absolute atomic E-state index is 0.137. The molecule has 0 saturated carbocycles. The van der Waals surface area contributed by atoms with Crippen LogP contribution in [-0.4, -0.2) is 38.0 Å². The molecule has 1 aromatic carbocycles. The molecule has 1 unspecified atom stereocenters. The Morgan fingerprint density at radius 2 is 2.00 bits per heavy atom. The van der Waals surface area contributed by atoms with Crippen LogP contribution in [0.1, 0.15) is 20.3 Å². The topological polar surface area (TPSA) is 75.9 Å². The summed E-state index contributed by atoms with van der Waals surface area (Å²) >= 11 is 0. The van der Waals surface area contributed by atoms with Crippen LogP contribution in [0.4, 0.5) is 5.95 Å². The second-order valence-corrected chi connectivity index (χ2v) is 4.76. The smallest absolute Gasteiger partial charge is 0.247 e. The molecule has 6 nitrogen and oxygen atoms in total. The third-order valence-electron chi connectivity index (χ3n) is 3.03. The van der Waals surface area contributed by atoms with E-state index in [4.69, 9.17) is 5.11 Å². The summed E-state index contributed by atoms with van der Waals surface area (Å²) in [7, 11) is 0.